The molecule has 0 aromatic heterocycles. The second-order valence-corrected chi connectivity index (χ2v) is 3.63. The van der Waals surface area contributed by atoms with Crippen LogP contribution in [0.1, 0.15) is 12.5 Å². The molecule has 0 spiro atoms. The first-order valence-electron chi connectivity index (χ1n) is 5.91. The number of esters is 1. The topological polar surface area (TPSA) is 64.6 Å². The molecule has 0 saturated carbocycles. The normalized spacial score (nSPS) is 10.2. The molecule has 1 aromatic carbocycles. The highest BCUT2D eigenvalue weighted by Gasteiger charge is 2.02. The Hall–Kier alpha value is -2.30. The third kappa shape index (κ3) is 5.72. The second-order valence-electron chi connectivity index (χ2n) is 3.63. The Labute approximate surface area is 112 Å². The monoisotopic (exact) mass is 263 g/mol. The molecule has 1 aromatic rings. The van der Waals surface area contributed by atoms with Crippen molar-refractivity contribution in [1.82, 2.24) is 5.32 Å². The van der Waals surface area contributed by atoms with Gasteiger partial charge in [-0.2, -0.15) is 0 Å². The molecule has 0 aliphatic carbocycles. The molecule has 0 bridgehead atoms. The Morgan fingerprint density at radius 3 is 2.84 bits per heavy atom. The largest absolute Gasteiger partial charge is 0.497 e. The quantitative estimate of drug-likeness (QED) is 0.622. The van der Waals surface area contributed by atoms with Crippen LogP contribution in [-0.4, -0.2) is 32.1 Å². The van der Waals surface area contributed by atoms with Gasteiger partial charge in [-0.1, -0.05) is 12.1 Å². The molecule has 0 radical (unpaired) electrons. The van der Waals surface area contributed by atoms with Crippen LogP contribution in [0.15, 0.2) is 30.3 Å². The maximum absolute atomic E-state index is 11.4. The number of carbonyl (C=O) groups is 2. The fraction of sp³-hybridized carbons (Fsp3) is 0.286. The van der Waals surface area contributed by atoms with Gasteiger partial charge in [0.25, 0.3) is 0 Å². The number of amides is 1. The maximum atomic E-state index is 11.4. The third-order valence-electron chi connectivity index (χ3n) is 2.23. The van der Waals surface area contributed by atoms with Crippen molar-refractivity contribution in [2.24, 2.45) is 0 Å². The minimum Gasteiger partial charge on any atom is -0.497 e. The van der Waals surface area contributed by atoms with Crippen LogP contribution in [0.5, 0.6) is 5.75 Å². The van der Waals surface area contributed by atoms with Crippen LogP contribution in [0.2, 0.25) is 0 Å². The Bertz CT molecular complexity index is 468. The highest BCUT2D eigenvalue weighted by atomic mass is 16.5. The van der Waals surface area contributed by atoms with E-state index in [-0.39, 0.29) is 12.5 Å². The summed E-state index contributed by atoms with van der Waals surface area (Å²) in [5, 5.41) is 2.43. The van der Waals surface area contributed by atoms with Gasteiger partial charge in [-0.3, -0.25) is 9.59 Å². The van der Waals surface area contributed by atoms with Gasteiger partial charge in [-0.05, 0) is 30.7 Å². The molecular weight excluding hydrogens is 246 g/mol. The fourth-order valence-electron chi connectivity index (χ4n) is 1.35. The van der Waals surface area contributed by atoms with E-state index in [2.05, 4.69) is 5.32 Å². The lowest BCUT2D eigenvalue weighted by atomic mass is 10.2. The van der Waals surface area contributed by atoms with E-state index in [1.54, 1.807) is 26.2 Å². The number of nitrogens with one attached hydrogen (secondary N) is 1. The van der Waals surface area contributed by atoms with Crippen molar-refractivity contribution in [3.05, 3.63) is 35.9 Å². The molecule has 19 heavy (non-hydrogen) atoms. The van der Waals surface area contributed by atoms with E-state index in [0.717, 1.165) is 5.56 Å². The van der Waals surface area contributed by atoms with Crippen molar-refractivity contribution in [1.29, 1.82) is 0 Å². The van der Waals surface area contributed by atoms with Crippen molar-refractivity contribution in [2.45, 2.75) is 6.92 Å². The van der Waals surface area contributed by atoms with Gasteiger partial charge in [0.2, 0.25) is 5.91 Å². The van der Waals surface area contributed by atoms with E-state index < -0.39 is 5.97 Å². The van der Waals surface area contributed by atoms with Gasteiger partial charge in [0, 0.05) is 6.08 Å². The Morgan fingerprint density at radius 2 is 2.16 bits per heavy atom. The Morgan fingerprint density at radius 1 is 1.37 bits per heavy atom. The van der Waals surface area contributed by atoms with Gasteiger partial charge in [-0.15, -0.1) is 0 Å². The predicted octanol–water partition coefficient (Wildman–Crippen LogP) is 1.39. The number of ether oxygens (including phenoxy) is 2. The minimum atomic E-state index is -0.453. The average Bonchev–Trinajstić information content (AvgIpc) is 2.43. The number of benzene rings is 1. The highest BCUT2D eigenvalue weighted by molar-refractivity contribution is 5.93. The summed E-state index contributed by atoms with van der Waals surface area (Å²) >= 11 is 0. The summed E-state index contributed by atoms with van der Waals surface area (Å²) in [5.41, 5.74) is 0.839. The zero-order valence-corrected chi connectivity index (χ0v) is 11.0. The first-order valence-corrected chi connectivity index (χ1v) is 5.91. The molecule has 0 heterocycles. The SMILES string of the molecule is CCOC(=O)CNC(=O)/C=C/c1cccc(OC)c1. The highest BCUT2D eigenvalue weighted by Crippen LogP contribution is 2.13. The molecule has 1 amide bonds. The summed E-state index contributed by atoms with van der Waals surface area (Å²) in [7, 11) is 1.58. The van der Waals surface area contributed by atoms with Crippen LogP contribution >= 0.6 is 0 Å². The first-order chi connectivity index (χ1) is 9.15. The molecule has 0 aliphatic rings. The number of hydrogen-bond acceptors (Lipinski definition) is 4. The first kappa shape index (κ1) is 14.8. The molecule has 0 unspecified atom stereocenters. The van der Waals surface area contributed by atoms with Crippen LogP contribution in [0, 0.1) is 0 Å². The number of rotatable bonds is 6. The van der Waals surface area contributed by atoms with Gasteiger partial charge >= 0.3 is 5.97 Å². The standard InChI is InChI=1S/C14H17NO4/c1-3-19-14(17)10-15-13(16)8-7-11-5-4-6-12(9-11)18-2/h4-9H,3,10H2,1-2H3,(H,15,16)/b8-7+. The van der Waals surface area contributed by atoms with Crippen LogP contribution in [-0.2, 0) is 14.3 Å². The lowest BCUT2D eigenvalue weighted by molar-refractivity contribution is -0.143. The zero-order chi connectivity index (χ0) is 14.1. The zero-order valence-electron chi connectivity index (χ0n) is 11.0. The van der Waals surface area contributed by atoms with E-state index in [0.29, 0.717) is 12.4 Å². The molecule has 0 saturated heterocycles. The van der Waals surface area contributed by atoms with Crippen molar-refractivity contribution < 1.29 is 19.1 Å². The number of methoxy groups -OCH3 is 1. The van der Waals surface area contributed by atoms with Gasteiger partial charge in [0.1, 0.15) is 12.3 Å². The molecule has 102 valence electrons. The van der Waals surface area contributed by atoms with Gasteiger partial charge in [-0.25, -0.2) is 0 Å². The Kier molecular flexibility index (Phi) is 6.15. The lowest BCUT2D eigenvalue weighted by Gasteiger charge is -2.02. The third-order valence-corrected chi connectivity index (χ3v) is 2.23. The van der Waals surface area contributed by atoms with E-state index in [9.17, 15) is 9.59 Å². The van der Waals surface area contributed by atoms with E-state index in [1.165, 1.54) is 6.08 Å². The van der Waals surface area contributed by atoms with E-state index >= 15 is 0 Å². The Balaban J connectivity index is 2.47. The minimum absolute atomic E-state index is 0.130. The molecule has 1 N–H and O–H groups in total. The summed E-state index contributed by atoms with van der Waals surface area (Å²) in [5.74, 6) is -0.0874. The summed E-state index contributed by atoms with van der Waals surface area (Å²) in [6, 6.07) is 7.29. The number of carbonyl (C=O) groups excluding carboxylic acids is 2. The van der Waals surface area contributed by atoms with Crippen LogP contribution < -0.4 is 10.1 Å². The molecule has 5 heteroatoms. The number of hydrogen-bond donors (Lipinski definition) is 1. The average molecular weight is 263 g/mol. The van der Waals surface area contributed by atoms with Gasteiger partial charge in [0.15, 0.2) is 0 Å². The van der Waals surface area contributed by atoms with Crippen molar-refractivity contribution in [3.8, 4) is 5.75 Å². The summed E-state index contributed by atoms with van der Waals surface area (Å²) < 4.78 is 9.76. The summed E-state index contributed by atoms with van der Waals surface area (Å²) in [6.45, 7) is 1.88. The molecule has 0 atom stereocenters. The molecule has 5 nitrogen and oxygen atoms in total. The van der Waals surface area contributed by atoms with Crippen LogP contribution in [0.25, 0.3) is 6.08 Å². The molecule has 0 aliphatic heterocycles. The van der Waals surface area contributed by atoms with Gasteiger partial charge in [0.05, 0.1) is 13.7 Å². The molecular formula is C14H17NO4. The van der Waals surface area contributed by atoms with Crippen molar-refractivity contribution in [3.63, 3.8) is 0 Å². The van der Waals surface area contributed by atoms with E-state index in [1.807, 2.05) is 18.2 Å². The molecule has 0 fully saturated rings. The fourth-order valence-corrected chi connectivity index (χ4v) is 1.35. The second kappa shape index (κ2) is 7.92. The molecule has 1 rings (SSSR count). The van der Waals surface area contributed by atoms with Crippen LogP contribution in [0.4, 0.5) is 0 Å². The summed E-state index contributed by atoms with van der Waals surface area (Å²) in [4.78, 5) is 22.5. The van der Waals surface area contributed by atoms with Crippen LogP contribution in [0.3, 0.4) is 0 Å². The van der Waals surface area contributed by atoms with E-state index in [4.69, 9.17) is 9.47 Å². The van der Waals surface area contributed by atoms with Crippen molar-refractivity contribution >= 4 is 18.0 Å². The lowest BCUT2D eigenvalue weighted by Crippen LogP contribution is -2.29. The smallest absolute Gasteiger partial charge is 0.325 e. The van der Waals surface area contributed by atoms with Gasteiger partial charge < -0.3 is 14.8 Å². The summed E-state index contributed by atoms with van der Waals surface area (Å²) in [6.07, 6.45) is 3.00. The maximum Gasteiger partial charge on any atom is 0.325 e. The predicted molar refractivity (Wildman–Crippen MR) is 71.7 cm³/mol. The van der Waals surface area contributed by atoms with Crippen molar-refractivity contribution in [2.75, 3.05) is 20.3 Å².